The van der Waals surface area contributed by atoms with Crippen molar-refractivity contribution in [3.63, 3.8) is 0 Å². The predicted octanol–water partition coefficient (Wildman–Crippen LogP) is 20.6. The molecule has 11 aromatic carbocycles. The third kappa shape index (κ3) is 8.95. The van der Waals surface area contributed by atoms with Crippen molar-refractivity contribution in [3.05, 3.63) is 314 Å². The lowest BCUT2D eigenvalue weighted by molar-refractivity contribution is 0.876. The molecule has 0 saturated carbocycles. The van der Waals surface area contributed by atoms with E-state index in [0.29, 0.717) is 0 Å². The van der Waals surface area contributed by atoms with Crippen LogP contribution in [0.1, 0.15) is 36.3 Å². The van der Waals surface area contributed by atoms with Gasteiger partial charge in [0.1, 0.15) is 0 Å². The standard InChI is InChI=1S/C74H56N2/c1-7-23-53(24-8-1)55-39-43-61(44-40-55)75(59-31-15-5-16-32-59)63-47-49-69-71(51-63)73(67-37-21-19-35-65(67)57-27-11-3-12-28-57)70-50-48-64(52-72(70)74(69)68-38-22-20-36-66(68)58-29-13-4-14-30-58)76(60-33-17-6-18-34-60)62-45-41-56(42-46-62)54-25-9-2-10-26-54/h1-17,19-33,36-52,65H,18,34-35H2. The third-order valence-electron chi connectivity index (χ3n) is 15.3. The zero-order chi connectivity index (χ0) is 50.6. The van der Waals surface area contributed by atoms with Gasteiger partial charge in [0.05, 0.1) is 0 Å². The van der Waals surface area contributed by atoms with E-state index in [1.165, 1.54) is 88.4 Å². The first-order chi connectivity index (χ1) is 37.7. The molecule has 76 heavy (non-hydrogen) atoms. The lowest BCUT2D eigenvalue weighted by Gasteiger charge is -2.31. The van der Waals surface area contributed by atoms with Crippen molar-refractivity contribution in [2.75, 3.05) is 9.80 Å². The van der Waals surface area contributed by atoms with Crippen molar-refractivity contribution in [3.8, 4) is 44.5 Å². The average Bonchev–Trinajstić information content (AvgIpc) is 3.62. The summed E-state index contributed by atoms with van der Waals surface area (Å²) in [5, 5.41) is 4.87. The molecule has 0 amide bonds. The van der Waals surface area contributed by atoms with Gasteiger partial charge in [0.15, 0.2) is 0 Å². The van der Waals surface area contributed by atoms with E-state index in [9.17, 15) is 0 Å². The molecule has 0 aliphatic heterocycles. The minimum absolute atomic E-state index is 0.151. The number of nitrogens with zero attached hydrogens (tertiary/aromatic N) is 2. The molecule has 0 aromatic heterocycles. The van der Waals surface area contributed by atoms with Gasteiger partial charge in [-0.3, -0.25) is 0 Å². The number of hydrogen-bond acceptors (Lipinski definition) is 2. The molecule has 0 N–H and O–H groups in total. The van der Waals surface area contributed by atoms with Crippen LogP contribution < -0.4 is 9.80 Å². The minimum Gasteiger partial charge on any atom is -0.314 e. The molecule has 0 spiro atoms. The maximum absolute atomic E-state index is 2.49. The van der Waals surface area contributed by atoms with Gasteiger partial charge in [0.25, 0.3) is 0 Å². The van der Waals surface area contributed by atoms with E-state index in [1.54, 1.807) is 0 Å². The number of para-hydroxylation sites is 1. The zero-order valence-electron chi connectivity index (χ0n) is 42.4. The Morgan fingerprint density at radius 1 is 0.316 bits per heavy atom. The van der Waals surface area contributed by atoms with Crippen LogP contribution in [0.15, 0.2) is 303 Å². The Morgan fingerprint density at radius 3 is 1.36 bits per heavy atom. The molecular weight excluding hydrogens is 917 g/mol. The van der Waals surface area contributed by atoms with Gasteiger partial charge in [-0.15, -0.1) is 0 Å². The monoisotopic (exact) mass is 972 g/mol. The lowest BCUT2D eigenvalue weighted by atomic mass is 9.77. The molecular formula is C74H56N2. The normalized spacial score (nSPS) is 14.1. The Morgan fingerprint density at radius 2 is 0.763 bits per heavy atom. The number of hydrogen-bond donors (Lipinski definition) is 0. The summed E-state index contributed by atoms with van der Waals surface area (Å²) in [6.07, 6.45) is 16.6. The second-order valence-corrected chi connectivity index (χ2v) is 19.8. The fourth-order valence-corrected chi connectivity index (χ4v) is 11.7. The van der Waals surface area contributed by atoms with E-state index in [0.717, 1.165) is 47.7 Å². The summed E-state index contributed by atoms with van der Waals surface area (Å²) in [6, 6.07) is 95.9. The molecule has 0 radical (unpaired) electrons. The summed E-state index contributed by atoms with van der Waals surface area (Å²) in [6.45, 7) is 0. The number of benzene rings is 11. The summed E-state index contributed by atoms with van der Waals surface area (Å²) in [4.78, 5) is 4.91. The largest absolute Gasteiger partial charge is 0.314 e. The fraction of sp³-hybridized carbons (Fsp3) is 0.0541. The van der Waals surface area contributed by atoms with Gasteiger partial charge in [-0.2, -0.15) is 0 Å². The van der Waals surface area contributed by atoms with Crippen LogP contribution in [0, 0.1) is 0 Å². The highest BCUT2D eigenvalue weighted by molar-refractivity contribution is 6.21. The van der Waals surface area contributed by atoms with Gasteiger partial charge in [-0.1, -0.05) is 231 Å². The fourth-order valence-electron chi connectivity index (χ4n) is 11.7. The molecule has 1 atom stereocenters. The highest BCUT2D eigenvalue weighted by Crippen LogP contribution is 2.51. The molecule has 0 saturated heterocycles. The molecule has 0 heterocycles. The third-order valence-corrected chi connectivity index (χ3v) is 15.3. The zero-order valence-corrected chi connectivity index (χ0v) is 42.4. The van der Waals surface area contributed by atoms with E-state index in [2.05, 4.69) is 307 Å². The second kappa shape index (κ2) is 20.8. The number of allylic oxidation sites excluding steroid dienone is 8. The molecule has 0 bridgehead atoms. The van der Waals surface area contributed by atoms with Gasteiger partial charge in [0.2, 0.25) is 0 Å². The summed E-state index contributed by atoms with van der Waals surface area (Å²) >= 11 is 0. The lowest BCUT2D eigenvalue weighted by Crippen LogP contribution is -2.17. The van der Waals surface area contributed by atoms with Crippen LogP contribution in [0.5, 0.6) is 0 Å². The van der Waals surface area contributed by atoms with Crippen molar-refractivity contribution in [2.45, 2.75) is 25.2 Å². The first-order valence-electron chi connectivity index (χ1n) is 26.7. The second-order valence-electron chi connectivity index (χ2n) is 19.8. The number of fused-ring (bicyclic) bond motifs is 2. The van der Waals surface area contributed by atoms with E-state index < -0.39 is 0 Å². The highest BCUT2D eigenvalue weighted by Gasteiger charge is 2.28. The Balaban J connectivity index is 1.10. The molecule has 11 aromatic rings. The van der Waals surface area contributed by atoms with E-state index in [4.69, 9.17) is 0 Å². The Hall–Kier alpha value is -9.50. The molecule has 0 fully saturated rings. The van der Waals surface area contributed by atoms with Crippen molar-refractivity contribution >= 4 is 55.6 Å². The first-order valence-corrected chi connectivity index (χ1v) is 26.7. The van der Waals surface area contributed by atoms with Gasteiger partial charge in [0, 0.05) is 40.1 Å². The number of anilines is 5. The van der Waals surface area contributed by atoms with E-state index in [1.807, 2.05) is 0 Å². The highest BCUT2D eigenvalue weighted by atomic mass is 15.2. The maximum Gasteiger partial charge on any atom is 0.0468 e. The number of rotatable bonds is 12. The Kier molecular flexibility index (Phi) is 12.7. The molecule has 2 aliphatic rings. The quantitative estimate of drug-likeness (QED) is 0.113. The molecule has 13 rings (SSSR count). The van der Waals surface area contributed by atoms with Crippen LogP contribution >= 0.6 is 0 Å². The molecule has 1 unspecified atom stereocenters. The van der Waals surface area contributed by atoms with Crippen molar-refractivity contribution in [1.82, 2.24) is 0 Å². The van der Waals surface area contributed by atoms with Crippen LogP contribution in [0.3, 0.4) is 0 Å². The summed E-state index contributed by atoms with van der Waals surface area (Å²) in [5.74, 6) is 0.151. The average molecular weight is 973 g/mol. The van der Waals surface area contributed by atoms with E-state index in [-0.39, 0.29) is 5.92 Å². The van der Waals surface area contributed by atoms with Crippen LogP contribution in [0.2, 0.25) is 0 Å². The SMILES string of the molecule is C1=CCCC(N(c2ccc(-c3ccccc3)cc2)c2ccc3c(C4=CC=CCC4c4ccccc4)c4cc(N(c5ccccc5)c5ccc(-c6ccccc6)cc5)ccc4c(-c4ccccc4-c4ccccc4)c3c2)=C1. The molecule has 2 aliphatic carbocycles. The Bertz CT molecular complexity index is 3970. The van der Waals surface area contributed by atoms with Crippen LogP contribution in [-0.4, -0.2) is 0 Å². The van der Waals surface area contributed by atoms with Crippen LogP contribution in [0.4, 0.5) is 28.4 Å². The van der Waals surface area contributed by atoms with Crippen molar-refractivity contribution < 1.29 is 0 Å². The predicted molar refractivity (Wildman–Crippen MR) is 324 cm³/mol. The van der Waals surface area contributed by atoms with Crippen molar-refractivity contribution in [1.29, 1.82) is 0 Å². The van der Waals surface area contributed by atoms with Crippen molar-refractivity contribution in [2.24, 2.45) is 0 Å². The first kappa shape index (κ1) is 46.3. The van der Waals surface area contributed by atoms with Gasteiger partial charge in [-0.25, -0.2) is 0 Å². The molecule has 2 heteroatoms. The minimum atomic E-state index is 0.151. The summed E-state index contributed by atoms with van der Waals surface area (Å²) in [7, 11) is 0. The van der Waals surface area contributed by atoms with Gasteiger partial charge < -0.3 is 9.80 Å². The summed E-state index contributed by atoms with van der Waals surface area (Å²) < 4.78 is 0. The smallest absolute Gasteiger partial charge is 0.0468 e. The van der Waals surface area contributed by atoms with E-state index >= 15 is 0 Å². The Labute approximate surface area is 446 Å². The molecule has 2 nitrogen and oxygen atoms in total. The van der Waals surface area contributed by atoms with Crippen LogP contribution in [0.25, 0.3) is 71.6 Å². The van der Waals surface area contributed by atoms with Crippen LogP contribution in [-0.2, 0) is 0 Å². The maximum atomic E-state index is 2.49. The molecule has 362 valence electrons. The summed E-state index contributed by atoms with van der Waals surface area (Å²) in [5.41, 5.74) is 20.4. The topological polar surface area (TPSA) is 6.48 Å². The van der Waals surface area contributed by atoms with Gasteiger partial charge >= 0.3 is 0 Å². The van der Waals surface area contributed by atoms with Gasteiger partial charge in [-0.05, 0) is 169 Å².